The van der Waals surface area contributed by atoms with Crippen molar-refractivity contribution in [3.63, 3.8) is 0 Å². The second kappa shape index (κ2) is 3.16. The second-order valence-electron chi connectivity index (χ2n) is 4.54. The molecule has 2 fully saturated rings. The van der Waals surface area contributed by atoms with E-state index in [1.165, 1.54) is 4.31 Å². The van der Waals surface area contributed by atoms with Crippen LogP contribution in [0.1, 0.15) is 19.8 Å². The molecule has 82 valence electrons. The summed E-state index contributed by atoms with van der Waals surface area (Å²) < 4.78 is 26.8. The van der Waals surface area contributed by atoms with Gasteiger partial charge in [-0.1, -0.05) is 0 Å². The molecule has 2 heterocycles. The van der Waals surface area contributed by atoms with Crippen LogP contribution in [0.5, 0.6) is 0 Å². The minimum Gasteiger partial charge on any atom is -0.323 e. The van der Waals surface area contributed by atoms with Gasteiger partial charge < -0.3 is 5.73 Å². The van der Waals surface area contributed by atoms with Gasteiger partial charge in [0.2, 0.25) is 0 Å². The molecule has 6 heteroatoms. The lowest BCUT2D eigenvalue weighted by Crippen LogP contribution is -2.68. The third kappa shape index (κ3) is 1.67. The first-order valence-corrected chi connectivity index (χ1v) is 6.36. The van der Waals surface area contributed by atoms with Crippen molar-refractivity contribution in [3.05, 3.63) is 0 Å². The molecule has 0 unspecified atom stereocenters. The zero-order valence-electron chi connectivity index (χ0n) is 8.44. The molecule has 0 spiro atoms. The van der Waals surface area contributed by atoms with Crippen molar-refractivity contribution in [2.24, 2.45) is 5.73 Å². The van der Waals surface area contributed by atoms with E-state index in [9.17, 15) is 8.42 Å². The number of rotatable bonds is 2. The zero-order valence-corrected chi connectivity index (χ0v) is 9.26. The lowest BCUT2D eigenvalue weighted by molar-refractivity contribution is 0.166. The Kier molecular flexibility index (Phi) is 2.34. The Labute approximate surface area is 85.0 Å². The van der Waals surface area contributed by atoms with Gasteiger partial charge >= 0.3 is 0 Å². The Morgan fingerprint density at radius 2 is 1.64 bits per heavy atom. The van der Waals surface area contributed by atoms with E-state index < -0.39 is 10.2 Å². The van der Waals surface area contributed by atoms with E-state index in [0.29, 0.717) is 26.2 Å². The van der Waals surface area contributed by atoms with E-state index in [2.05, 4.69) is 0 Å². The minimum atomic E-state index is -3.19. The van der Waals surface area contributed by atoms with Crippen LogP contribution in [0.3, 0.4) is 0 Å². The minimum absolute atomic E-state index is 0.327. The highest BCUT2D eigenvalue weighted by Gasteiger charge is 2.44. The second-order valence-corrected chi connectivity index (χ2v) is 6.46. The standard InChI is InChI=1S/C8H17N3O2S/c1-8(9)6-11(7-8)14(12,13)10-4-2-3-5-10/h2-7,9H2,1H3. The SMILES string of the molecule is CC1(N)CN(S(=O)(=O)N2CCCC2)C1. The summed E-state index contributed by atoms with van der Waals surface area (Å²) in [6, 6.07) is 0. The van der Waals surface area contributed by atoms with Crippen LogP contribution in [0.4, 0.5) is 0 Å². The highest BCUT2D eigenvalue weighted by Crippen LogP contribution is 2.25. The van der Waals surface area contributed by atoms with Crippen molar-refractivity contribution in [1.82, 2.24) is 8.61 Å². The van der Waals surface area contributed by atoms with Gasteiger partial charge in [0.1, 0.15) is 0 Å². The van der Waals surface area contributed by atoms with Crippen LogP contribution in [0.2, 0.25) is 0 Å². The van der Waals surface area contributed by atoms with Gasteiger partial charge in [0.25, 0.3) is 10.2 Å². The fraction of sp³-hybridized carbons (Fsp3) is 1.00. The van der Waals surface area contributed by atoms with E-state index in [1.54, 1.807) is 4.31 Å². The first-order valence-electron chi connectivity index (χ1n) is 4.96. The predicted molar refractivity (Wildman–Crippen MR) is 53.9 cm³/mol. The number of hydrogen-bond acceptors (Lipinski definition) is 3. The van der Waals surface area contributed by atoms with Crippen molar-refractivity contribution in [2.75, 3.05) is 26.2 Å². The Morgan fingerprint density at radius 1 is 1.14 bits per heavy atom. The average molecular weight is 219 g/mol. The van der Waals surface area contributed by atoms with Gasteiger partial charge in [0, 0.05) is 31.7 Å². The van der Waals surface area contributed by atoms with E-state index >= 15 is 0 Å². The molecule has 0 atom stereocenters. The normalized spacial score (nSPS) is 29.0. The molecular weight excluding hydrogens is 202 g/mol. The third-order valence-electron chi connectivity index (χ3n) is 2.79. The summed E-state index contributed by atoms with van der Waals surface area (Å²) in [5.74, 6) is 0. The van der Waals surface area contributed by atoms with Gasteiger partial charge in [-0.15, -0.1) is 0 Å². The molecule has 2 aliphatic rings. The summed E-state index contributed by atoms with van der Waals surface area (Å²) in [4.78, 5) is 0. The van der Waals surface area contributed by atoms with Crippen molar-refractivity contribution in [1.29, 1.82) is 0 Å². The van der Waals surface area contributed by atoms with Crippen molar-refractivity contribution in [3.8, 4) is 0 Å². The molecule has 14 heavy (non-hydrogen) atoms. The molecule has 0 aromatic rings. The van der Waals surface area contributed by atoms with Crippen LogP contribution in [0, 0.1) is 0 Å². The van der Waals surface area contributed by atoms with Crippen LogP contribution in [0.25, 0.3) is 0 Å². The summed E-state index contributed by atoms with van der Waals surface area (Å²) in [5.41, 5.74) is 5.46. The quantitative estimate of drug-likeness (QED) is 0.672. The Bertz CT molecular complexity index is 311. The fourth-order valence-electron chi connectivity index (χ4n) is 2.00. The molecule has 0 radical (unpaired) electrons. The molecule has 2 aliphatic heterocycles. The summed E-state index contributed by atoms with van der Waals surface area (Å²) in [6.45, 7) is 4.11. The third-order valence-corrected chi connectivity index (χ3v) is 4.72. The molecule has 5 nitrogen and oxygen atoms in total. The number of nitrogens with two attached hydrogens (primary N) is 1. The molecule has 2 N–H and O–H groups in total. The molecule has 2 saturated heterocycles. The summed E-state index contributed by atoms with van der Waals surface area (Å²) in [7, 11) is -3.19. The van der Waals surface area contributed by atoms with Gasteiger partial charge in [-0.05, 0) is 19.8 Å². The van der Waals surface area contributed by atoms with Crippen LogP contribution >= 0.6 is 0 Å². The first kappa shape index (κ1) is 10.4. The Hall–Kier alpha value is -0.170. The number of hydrogen-bond donors (Lipinski definition) is 1. The van der Waals surface area contributed by atoms with Gasteiger partial charge in [-0.2, -0.15) is 17.0 Å². The topological polar surface area (TPSA) is 66.6 Å². The molecular formula is C8H17N3O2S. The molecule has 0 saturated carbocycles. The maximum Gasteiger partial charge on any atom is 0.282 e. The van der Waals surface area contributed by atoms with E-state index in [-0.39, 0.29) is 5.54 Å². The monoisotopic (exact) mass is 219 g/mol. The van der Waals surface area contributed by atoms with Crippen molar-refractivity contribution < 1.29 is 8.42 Å². The molecule has 0 amide bonds. The molecule has 0 aromatic carbocycles. The fourth-order valence-corrected chi connectivity index (χ4v) is 3.97. The van der Waals surface area contributed by atoms with E-state index in [0.717, 1.165) is 12.8 Å². The van der Waals surface area contributed by atoms with Gasteiger partial charge in [0.05, 0.1) is 0 Å². The van der Waals surface area contributed by atoms with E-state index in [4.69, 9.17) is 5.73 Å². The Balaban J connectivity index is 2.03. The maximum atomic E-state index is 11.9. The number of nitrogens with zero attached hydrogens (tertiary/aromatic N) is 2. The molecule has 0 aromatic heterocycles. The lowest BCUT2D eigenvalue weighted by Gasteiger charge is -2.45. The van der Waals surface area contributed by atoms with Crippen LogP contribution in [-0.4, -0.2) is 48.7 Å². The van der Waals surface area contributed by atoms with Gasteiger partial charge in [0.15, 0.2) is 0 Å². The lowest BCUT2D eigenvalue weighted by atomic mass is 9.97. The largest absolute Gasteiger partial charge is 0.323 e. The highest BCUT2D eigenvalue weighted by molar-refractivity contribution is 7.86. The molecule has 0 aliphatic carbocycles. The van der Waals surface area contributed by atoms with Crippen molar-refractivity contribution in [2.45, 2.75) is 25.3 Å². The van der Waals surface area contributed by atoms with E-state index in [1.807, 2.05) is 6.92 Å². The summed E-state index contributed by atoms with van der Waals surface area (Å²) in [6.07, 6.45) is 1.96. The van der Waals surface area contributed by atoms with Crippen LogP contribution in [-0.2, 0) is 10.2 Å². The summed E-state index contributed by atoms with van der Waals surface area (Å²) >= 11 is 0. The zero-order chi connectivity index (χ0) is 10.4. The molecule has 2 rings (SSSR count). The van der Waals surface area contributed by atoms with Crippen LogP contribution < -0.4 is 5.73 Å². The molecule has 0 bridgehead atoms. The Morgan fingerprint density at radius 3 is 2.07 bits per heavy atom. The van der Waals surface area contributed by atoms with Gasteiger partial charge in [-0.3, -0.25) is 0 Å². The predicted octanol–water partition coefficient (Wildman–Crippen LogP) is -0.640. The van der Waals surface area contributed by atoms with Crippen molar-refractivity contribution >= 4 is 10.2 Å². The average Bonchev–Trinajstić information content (AvgIpc) is 2.51. The van der Waals surface area contributed by atoms with Crippen LogP contribution in [0.15, 0.2) is 0 Å². The van der Waals surface area contributed by atoms with Gasteiger partial charge in [-0.25, -0.2) is 0 Å². The first-order chi connectivity index (χ1) is 6.42. The highest BCUT2D eigenvalue weighted by atomic mass is 32.2. The maximum absolute atomic E-state index is 11.9. The smallest absolute Gasteiger partial charge is 0.282 e. The summed E-state index contributed by atoms with van der Waals surface area (Å²) in [5, 5.41) is 0.